The van der Waals surface area contributed by atoms with Crippen LogP contribution in [0.2, 0.25) is 0 Å². The molecule has 3 aromatic carbocycles. The standard InChI is InChI=1S/C26H21N5O3S/c1-3-9-18(10-4-1)15-23-27-24(34-30-23)17-35-26-29-28-25(31(26)19-11-5-2-6-12-19)22-16-32-20-13-7-8-14-21(20)33-22/h1-14,22H,15-17H2. The van der Waals surface area contributed by atoms with Gasteiger partial charge in [0.25, 0.3) is 0 Å². The van der Waals surface area contributed by atoms with Gasteiger partial charge in [0, 0.05) is 12.1 Å². The summed E-state index contributed by atoms with van der Waals surface area (Å²) < 4.78 is 19.6. The molecule has 0 amide bonds. The zero-order valence-electron chi connectivity index (χ0n) is 18.7. The average molecular weight is 484 g/mol. The van der Waals surface area contributed by atoms with Crippen LogP contribution >= 0.6 is 11.8 Å². The Labute approximate surface area is 205 Å². The number of benzene rings is 3. The van der Waals surface area contributed by atoms with Gasteiger partial charge in [0.05, 0.1) is 5.75 Å². The largest absolute Gasteiger partial charge is 0.485 e. The first-order chi connectivity index (χ1) is 17.3. The van der Waals surface area contributed by atoms with Gasteiger partial charge in [-0.05, 0) is 29.8 Å². The quantitative estimate of drug-likeness (QED) is 0.297. The van der Waals surface area contributed by atoms with Crippen LogP contribution in [0.3, 0.4) is 0 Å². The average Bonchev–Trinajstić information content (AvgIpc) is 3.55. The number of rotatable bonds is 7. The van der Waals surface area contributed by atoms with E-state index in [0.717, 1.165) is 17.0 Å². The molecule has 0 N–H and O–H groups in total. The molecular weight excluding hydrogens is 462 g/mol. The Hall–Kier alpha value is -4.11. The molecule has 0 radical (unpaired) electrons. The second-order valence-electron chi connectivity index (χ2n) is 7.93. The van der Waals surface area contributed by atoms with Gasteiger partial charge < -0.3 is 14.0 Å². The molecule has 3 heterocycles. The van der Waals surface area contributed by atoms with Gasteiger partial charge in [0.15, 0.2) is 34.4 Å². The van der Waals surface area contributed by atoms with E-state index in [1.165, 1.54) is 11.8 Å². The second kappa shape index (κ2) is 9.63. The summed E-state index contributed by atoms with van der Waals surface area (Å²) in [6.45, 7) is 0.346. The van der Waals surface area contributed by atoms with Gasteiger partial charge in [0.1, 0.15) is 6.61 Å². The molecule has 0 aliphatic carbocycles. The van der Waals surface area contributed by atoms with Crippen molar-refractivity contribution in [3.63, 3.8) is 0 Å². The highest BCUT2D eigenvalue weighted by Gasteiger charge is 2.29. The number of nitrogens with zero attached hydrogens (tertiary/aromatic N) is 5. The molecule has 35 heavy (non-hydrogen) atoms. The Balaban J connectivity index is 1.23. The molecule has 8 nitrogen and oxygen atoms in total. The molecule has 1 unspecified atom stereocenters. The van der Waals surface area contributed by atoms with Crippen molar-refractivity contribution in [2.75, 3.05) is 6.61 Å². The van der Waals surface area contributed by atoms with Crippen LogP contribution in [0.25, 0.3) is 5.69 Å². The highest BCUT2D eigenvalue weighted by Crippen LogP contribution is 2.37. The van der Waals surface area contributed by atoms with Crippen LogP contribution in [0.1, 0.15) is 29.2 Å². The van der Waals surface area contributed by atoms with Gasteiger partial charge in [-0.2, -0.15) is 4.98 Å². The van der Waals surface area contributed by atoms with E-state index in [2.05, 4.69) is 20.3 Å². The zero-order valence-corrected chi connectivity index (χ0v) is 19.5. The summed E-state index contributed by atoms with van der Waals surface area (Å²) in [5.74, 6) is 3.75. The smallest absolute Gasteiger partial charge is 0.237 e. The Bertz CT molecular complexity index is 1420. The summed E-state index contributed by atoms with van der Waals surface area (Å²) in [6.07, 6.45) is 0.229. The van der Waals surface area contributed by atoms with Crippen LogP contribution in [0.15, 0.2) is 94.6 Å². The fraction of sp³-hybridized carbons (Fsp3) is 0.154. The maximum atomic E-state index is 6.22. The Morgan fingerprint density at radius 2 is 1.60 bits per heavy atom. The van der Waals surface area contributed by atoms with Crippen molar-refractivity contribution in [3.05, 3.63) is 108 Å². The Morgan fingerprint density at radius 3 is 2.43 bits per heavy atom. The van der Waals surface area contributed by atoms with Crippen molar-refractivity contribution in [2.24, 2.45) is 0 Å². The van der Waals surface area contributed by atoms with E-state index in [9.17, 15) is 0 Å². The zero-order chi connectivity index (χ0) is 23.5. The Morgan fingerprint density at radius 1 is 0.857 bits per heavy atom. The number of para-hydroxylation sites is 3. The lowest BCUT2D eigenvalue weighted by Gasteiger charge is -2.26. The van der Waals surface area contributed by atoms with E-state index in [1.54, 1.807) is 0 Å². The van der Waals surface area contributed by atoms with E-state index in [1.807, 2.05) is 89.5 Å². The lowest BCUT2D eigenvalue weighted by atomic mass is 10.1. The summed E-state index contributed by atoms with van der Waals surface area (Å²) in [6, 6.07) is 27.7. The van der Waals surface area contributed by atoms with E-state index in [4.69, 9.17) is 14.0 Å². The maximum absolute atomic E-state index is 6.22. The van der Waals surface area contributed by atoms with Gasteiger partial charge in [0.2, 0.25) is 5.89 Å². The molecular formula is C26H21N5O3S. The number of aromatic nitrogens is 5. The van der Waals surface area contributed by atoms with Crippen LogP contribution in [-0.2, 0) is 12.2 Å². The lowest BCUT2D eigenvalue weighted by molar-refractivity contribution is 0.0835. The van der Waals surface area contributed by atoms with Crippen molar-refractivity contribution < 1.29 is 14.0 Å². The van der Waals surface area contributed by atoms with Crippen molar-refractivity contribution in [1.82, 2.24) is 24.9 Å². The monoisotopic (exact) mass is 483 g/mol. The third-order valence-corrected chi connectivity index (χ3v) is 6.42. The number of thioether (sulfide) groups is 1. The van der Waals surface area contributed by atoms with Crippen molar-refractivity contribution >= 4 is 11.8 Å². The van der Waals surface area contributed by atoms with Crippen LogP contribution in [0, 0.1) is 0 Å². The molecule has 0 bridgehead atoms. The molecule has 1 aliphatic heterocycles. The number of fused-ring (bicyclic) bond motifs is 1. The molecule has 9 heteroatoms. The number of hydrogen-bond acceptors (Lipinski definition) is 8. The second-order valence-corrected chi connectivity index (χ2v) is 8.87. The van der Waals surface area contributed by atoms with E-state index in [0.29, 0.717) is 47.2 Å². The van der Waals surface area contributed by atoms with Gasteiger partial charge in [-0.1, -0.05) is 77.6 Å². The van der Waals surface area contributed by atoms with Gasteiger partial charge in [-0.25, -0.2) is 0 Å². The first-order valence-corrected chi connectivity index (χ1v) is 12.2. The summed E-state index contributed by atoms with van der Waals surface area (Å²) in [7, 11) is 0. The summed E-state index contributed by atoms with van der Waals surface area (Å²) in [5.41, 5.74) is 2.07. The first kappa shape index (κ1) is 21.4. The molecule has 174 valence electrons. The summed E-state index contributed by atoms with van der Waals surface area (Å²) >= 11 is 1.48. The first-order valence-electron chi connectivity index (χ1n) is 11.2. The number of hydrogen-bond donors (Lipinski definition) is 0. The molecule has 0 fully saturated rings. The third kappa shape index (κ3) is 4.63. The summed E-state index contributed by atoms with van der Waals surface area (Å²) in [5, 5.41) is 13.8. The predicted molar refractivity (Wildman–Crippen MR) is 130 cm³/mol. The van der Waals surface area contributed by atoms with E-state index < -0.39 is 6.10 Å². The highest BCUT2D eigenvalue weighted by molar-refractivity contribution is 7.98. The highest BCUT2D eigenvalue weighted by atomic mass is 32.2. The molecule has 1 atom stereocenters. The number of ether oxygens (including phenoxy) is 2. The van der Waals surface area contributed by atoms with Crippen LogP contribution < -0.4 is 9.47 Å². The summed E-state index contributed by atoms with van der Waals surface area (Å²) in [4.78, 5) is 4.54. The van der Waals surface area contributed by atoms with Crippen LogP contribution in [0.4, 0.5) is 0 Å². The predicted octanol–water partition coefficient (Wildman–Crippen LogP) is 5.05. The fourth-order valence-electron chi connectivity index (χ4n) is 3.88. The van der Waals surface area contributed by atoms with Crippen molar-refractivity contribution in [1.29, 1.82) is 0 Å². The molecule has 0 saturated carbocycles. The Kier molecular flexibility index (Phi) is 5.90. The van der Waals surface area contributed by atoms with E-state index in [-0.39, 0.29) is 0 Å². The fourth-order valence-corrected chi connectivity index (χ4v) is 4.67. The molecule has 1 aliphatic rings. The van der Waals surface area contributed by atoms with Gasteiger partial charge in [-0.3, -0.25) is 4.57 Å². The molecule has 5 aromatic rings. The molecule has 0 saturated heterocycles. The lowest BCUT2D eigenvalue weighted by Crippen LogP contribution is -2.24. The van der Waals surface area contributed by atoms with Crippen molar-refractivity contribution in [3.8, 4) is 17.2 Å². The minimum Gasteiger partial charge on any atom is -0.485 e. The molecule has 2 aromatic heterocycles. The maximum Gasteiger partial charge on any atom is 0.237 e. The van der Waals surface area contributed by atoms with E-state index >= 15 is 0 Å². The third-order valence-electron chi connectivity index (χ3n) is 5.51. The normalized spacial score (nSPS) is 14.7. The van der Waals surface area contributed by atoms with Crippen LogP contribution in [-0.4, -0.2) is 31.5 Å². The van der Waals surface area contributed by atoms with Gasteiger partial charge in [-0.15, -0.1) is 10.2 Å². The molecule has 0 spiro atoms. The van der Waals surface area contributed by atoms with Crippen molar-refractivity contribution in [2.45, 2.75) is 23.4 Å². The topological polar surface area (TPSA) is 88.1 Å². The van der Waals surface area contributed by atoms with Crippen LogP contribution in [0.5, 0.6) is 11.5 Å². The molecule has 6 rings (SSSR count). The van der Waals surface area contributed by atoms with Gasteiger partial charge >= 0.3 is 0 Å². The SMILES string of the molecule is c1ccc(Cc2noc(CSc3nnc(C4COc5ccccc5O4)n3-c3ccccc3)n2)cc1. The minimum atomic E-state index is -0.396. The minimum absolute atomic E-state index is 0.346.